The number of hydrogen-bond donors (Lipinski definition) is 1. The van der Waals surface area contributed by atoms with Crippen LogP contribution in [-0.4, -0.2) is 28.1 Å². The molecule has 1 aliphatic rings. The van der Waals surface area contributed by atoms with Crippen molar-refractivity contribution in [2.75, 3.05) is 13.3 Å². The summed E-state index contributed by atoms with van der Waals surface area (Å²) >= 11 is 0. The number of nitrogens with zero attached hydrogens (tertiary/aromatic N) is 3. The summed E-state index contributed by atoms with van der Waals surface area (Å²) in [6.07, 6.45) is 2.36. The van der Waals surface area contributed by atoms with E-state index in [1.807, 2.05) is 22.8 Å². The fourth-order valence-corrected chi connectivity index (χ4v) is 1.81. The van der Waals surface area contributed by atoms with E-state index in [9.17, 15) is 0 Å². The number of aromatic nitrogens is 3. The largest absolute Gasteiger partial charge is 0.454 e. The lowest BCUT2D eigenvalue weighted by molar-refractivity contribution is 0.174. The Kier molecular flexibility index (Phi) is 2.41. The van der Waals surface area contributed by atoms with Gasteiger partial charge in [0.05, 0.1) is 5.69 Å². The molecule has 1 aromatic heterocycles. The molecule has 0 spiro atoms. The van der Waals surface area contributed by atoms with Gasteiger partial charge >= 0.3 is 0 Å². The third-order valence-corrected chi connectivity index (χ3v) is 2.62. The Labute approximate surface area is 98.0 Å². The van der Waals surface area contributed by atoms with Crippen LogP contribution in [0.4, 0.5) is 0 Å². The van der Waals surface area contributed by atoms with Crippen LogP contribution in [0.1, 0.15) is 5.82 Å². The summed E-state index contributed by atoms with van der Waals surface area (Å²) in [7, 11) is 0. The summed E-state index contributed by atoms with van der Waals surface area (Å²) in [6.45, 7) is 0.819. The Balaban J connectivity index is 2.00. The standard InChI is InChI=1S/C11H12N4O2/c12-4-3-11-14-13-6-15(11)8-1-2-9-10(5-8)17-7-16-9/h1-2,5-6H,3-4,7,12H2. The van der Waals surface area contributed by atoms with Crippen molar-refractivity contribution in [1.29, 1.82) is 0 Å². The van der Waals surface area contributed by atoms with Crippen LogP contribution < -0.4 is 15.2 Å². The van der Waals surface area contributed by atoms with Crippen LogP contribution in [0.5, 0.6) is 11.5 Å². The second kappa shape index (κ2) is 4.06. The zero-order valence-corrected chi connectivity index (χ0v) is 9.17. The van der Waals surface area contributed by atoms with E-state index in [1.165, 1.54) is 0 Å². The minimum Gasteiger partial charge on any atom is -0.454 e. The fourth-order valence-electron chi connectivity index (χ4n) is 1.81. The summed E-state index contributed by atoms with van der Waals surface area (Å²) < 4.78 is 12.5. The Bertz CT molecular complexity index is 538. The van der Waals surface area contributed by atoms with Gasteiger partial charge in [-0.15, -0.1) is 10.2 Å². The van der Waals surface area contributed by atoms with Crippen molar-refractivity contribution >= 4 is 0 Å². The Morgan fingerprint density at radius 3 is 3.06 bits per heavy atom. The predicted molar refractivity (Wildman–Crippen MR) is 60.2 cm³/mol. The molecule has 0 saturated heterocycles. The second-order valence-electron chi connectivity index (χ2n) is 3.69. The molecule has 1 aliphatic heterocycles. The van der Waals surface area contributed by atoms with E-state index in [1.54, 1.807) is 6.33 Å². The molecular weight excluding hydrogens is 220 g/mol. The van der Waals surface area contributed by atoms with Gasteiger partial charge in [-0.2, -0.15) is 0 Å². The Morgan fingerprint density at radius 2 is 2.18 bits per heavy atom. The third kappa shape index (κ3) is 1.72. The van der Waals surface area contributed by atoms with Gasteiger partial charge in [-0.05, 0) is 18.7 Å². The van der Waals surface area contributed by atoms with Crippen molar-refractivity contribution in [2.45, 2.75) is 6.42 Å². The molecule has 6 nitrogen and oxygen atoms in total. The minimum atomic E-state index is 0.274. The first kappa shape index (κ1) is 10.1. The van der Waals surface area contributed by atoms with Crippen molar-refractivity contribution in [1.82, 2.24) is 14.8 Å². The smallest absolute Gasteiger partial charge is 0.231 e. The molecule has 0 bridgehead atoms. The quantitative estimate of drug-likeness (QED) is 0.833. The van der Waals surface area contributed by atoms with E-state index in [-0.39, 0.29) is 6.79 Å². The zero-order valence-electron chi connectivity index (χ0n) is 9.17. The highest BCUT2D eigenvalue weighted by Gasteiger charge is 2.15. The molecule has 3 rings (SSSR count). The molecule has 6 heteroatoms. The highest BCUT2D eigenvalue weighted by atomic mass is 16.7. The van der Waals surface area contributed by atoms with Gasteiger partial charge in [-0.3, -0.25) is 4.57 Å². The molecule has 17 heavy (non-hydrogen) atoms. The van der Waals surface area contributed by atoms with Crippen molar-refractivity contribution in [3.8, 4) is 17.2 Å². The number of ether oxygens (including phenoxy) is 2. The summed E-state index contributed by atoms with van der Waals surface area (Å²) in [4.78, 5) is 0. The average Bonchev–Trinajstić information content (AvgIpc) is 2.96. The number of hydrogen-bond acceptors (Lipinski definition) is 5. The van der Waals surface area contributed by atoms with Gasteiger partial charge < -0.3 is 15.2 Å². The molecule has 0 radical (unpaired) electrons. The zero-order chi connectivity index (χ0) is 11.7. The molecule has 0 fully saturated rings. The van der Waals surface area contributed by atoms with Crippen LogP contribution in [0.25, 0.3) is 5.69 Å². The summed E-state index contributed by atoms with van der Waals surface area (Å²) in [6, 6.07) is 5.73. The second-order valence-corrected chi connectivity index (χ2v) is 3.69. The van der Waals surface area contributed by atoms with Crippen LogP contribution in [-0.2, 0) is 6.42 Å². The molecular formula is C11H12N4O2. The van der Waals surface area contributed by atoms with Gasteiger partial charge in [0.1, 0.15) is 12.2 Å². The van der Waals surface area contributed by atoms with Crippen LogP contribution in [0.2, 0.25) is 0 Å². The lowest BCUT2D eigenvalue weighted by atomic mass is 10.2. The maximum Gasteiger partial charge on any atom is 0.231 e. The Hall–Kier alpha value is -2.08. The predicted octanol–water partition coefficient (Wildman–Crippen LogP) is 0.497. The SMILES string of the molecule is NCCc1nncn1-c1ccc2c(c1)OCO2. The topological polar surface area (TPSA) is 75.2 Å². The molecule has 0 unspecified atom stereocenters. The van der Waals surface area contributed by atoms with Crippen molar-refractivity contribution in [3.63, 3.8) is 0 Å². The normalized spacial score (nSPS) is 13.0. The highest BCUT2D eigenvalue weighted by Crippen LogP contribution is 2.33. The first-order valence-corrected chi connectivity index (χ1v) is 5.37. The highest BCUT2D eigenvalue weighted by molar-refractivity contribution is 5.50. The molecule has 0 atom stereocenters. The third-order valence-electron chi connectivity index (χ3n) is 2.62. The van der Waals surface area contributed by atoms with Crippen LogP contribution in [0.15, 0.2) is 24.5 Å². The van der Waals surface area contributed by atoms with Crippen molar-refractivity contribution in [2.24, 2.45) is 5.73 Å². The van der Waals surface area contributed by atoms with Crippen LogP contribution >= 0.6 is 0 Å². The molecule has 88 valence electrons. The lowest BCUT2D eigenvalue weighted by Gasteiger charge is -2.06. The molecule has 1 aromatic carbocycles. The van der Waals surface area contributed by atoms with Crippen LogP contribution in [0, 0.1) is 0 Å². The summed E-state index contributed by atoms with van der Waals surface area (Å²) in [5, 5.41) is 7.93. The monoisotopic (exact) mass is 232 g/mol. The molecule has 0 amide bonds. The van der Waals surface area contributed by atoms with Gasteiger partial charge in [0.2, 0.25) is 6.79 Å². The van der Waals surface area contributed by atoms with Gasteiger partial charge in [0.25, 0.3) is 0 Å². The molecule has 2 N–H and O–H groups in total. The maximum absolute atomic E-state index is 5.53. The molecule has 2 heterocycles. The van der Waals surface area contributed by atoms with E-state index in [0.29, 0.717) is 13.0 Å². The fraction of sp³-hybridized carbons (Fsp3) is 0.273. The summed E-state index contributed by atoms with van der Waals surface area (Å²) in [5.74, 6) is 2.35. The van der Waals surface area contributed by atoms with Crippen LogP contribution in [0.3, 0.4) is 0 Å². The van der Waals surface area contributed by atoms with E-state index >= 15 is 0 Å². The lowest BCUT2D eigenvalue weighted by Crippen LogP contribution is -2.08. The van der Waals surface area contributed by atoms with Gasteiger partial charge in [-0.1, -0.05) is 0 Å². The first-order valence-electron chi connectivity index (χ1n) is 5.37. The Morgan fingerprint density at radius 1 is 1.29 bits per heavy atom. The first-order chi connectivity index (χ1) is 8.38. The summed E-state index contributed by atoms with van der Waals surface area (Å²) in [5.41, 5.74) is 6.48. The number of fused-ring (bicyclic) bond motifs is 1. The van der Waals surface area contributed by atoms with Crippen molar-refractivity contribution in [3.05, 3.63) is 30.4 Å². The average molecular weight is 232 g/mol. The van der Waals surface area contributed by atoms with E-state index in [0.717, 1.165) is 23.0 Å². The minimum absolute atomic E-state index is 0.274. The van der Waals surface area contributed by atoms with E-state index in [4.69, 9.17) is 15.2 Å². The van der Waals surface area contributed by atoms with Gasteiger partial charge in [0, 0.05) is 12.5 Å². The van der Waals surface area contributed by atoms with Gasteiger partial charge in [0.15, 0.2) is 11.5 Å². The van der Waals surface area contributed by atoms with Gasteiger partial charge in [-0.25, -0.2) is 0 Å². The van der Waals surface area contributed by atoms with E-state index < -0.39 is 0 Å². The van der Waals surface area contributed by atoms with Crippen molar-refractivity contribution < 1.29 is 9.47 Å². The molecule has 0 aliphatic carbocycles. The number of rotatable bonds is 3. The number of benzene rings is 1. The van der Waals surface area contributed by atoms with E-state index in [2.05, 4.69) is 10.2 Å². The maximum atomic E-state index is 5.53. The number of nitrogens with two attached hydrogens (primary N) is 1. The molecule has 2 aromatic rings. The molecule has 0 saturated carbocycles.